The Balaban J connectivity index is 0.00000480. The second kappa shape index (κ2) is 14.8. The number of rotatable bonds is 10. The molecule has 174 valence electrons. The summed E-state index contributed by atoms with van der Waals surface area (Å²) in [6, 6.07) is 7.49. The molecule has 10 nitrogen and oxygen atoms in total. The number of halogens is 1. The number of guanidine groups is 1. The highest BCUT2D eigenvalue weighted by molar-refractivity contribution is 14.0. The molecule has 0 bridgehead atoms. The van der Waals surface area contributed by atoms with Gasteiger partial charge in [-0.25, -0.2) is 0 Å². The molecule has 0 atom stereocenters. The Bertz CT molecular complexity index is 725. The first-order valence-corrected chi connectivity index (χ1v) is 9.95. The maximum atomic E-state index is 11.9. The number of aliphatic imine (C=N–C) groups is 1. The quantitative estimate of drug-likeness (QED) is 0.158. The third-order valence-corrected chi connectivity index (χ3v) is 4.61. The fourth-order valence-electron chi connectivity index (χ4n) is 3.08. The number of piperazine rings is 1. The molecule has 0 aliphatic carbocycles. The molecule has 0 radical (unpaired) electrons. The summed E-state index contributed by atoms with van der Waals surface area (Å²) in [5.74, 6) is 0.912. The average molecular weight is 548 g/mol. The van der Waals surface area contributed by atoms with Crippen molar-refractivity contribution in [2.24, 2.45) is 10.7 Å². The number of hydrogen-bond acceptors (Lipinski definition) is 6. The van der Waals surface area contributed by atoms with Crippen molar-refractivity contribution in [3.05, 3.63) is 29.8 Å². The van der Waals surface area contributed by atoms with E-state index in [-0.39, 0.29) is 36.5 Å². The van der Waals surface area contributed by atoms with Crippen molar-refractivity contribution in [1.82, 2.24) is 20.4 Å². The largest absolute Gasteiger partial charge is 0.484 e. The van der Waals surface area contributed by atoms with Gasteiger partial charge in [-0.3, -0.25) is 19.5 Å². The Kier molecular flexibility index (Phi) is 12.9. The zero-order chi connectivity index (χ0) is 21.8. The normalized spacial score (nSPS) is 14.5. The van der Waals surface area contributed by atoms with Crippen LogP contribution in [0.5, 0.6) is 5.75 Å². The second-order valence-electron chi connectivity index (χ2n) is 6.91. The number of amides is 2. The number of methoxy groups -OCH3 is 1. The molecule has 1 aliphatic rings. The van der Waals surface area contributed by atoms with Gasteiger partial charge in [-0.15, -0.1) is 24.0 Å². The monoisotopic (exact) mass is 548 g/mol. The van der Waals surface area contributed by atoms with Gasteiger partial charge >= 0.3 is 0 Å². The lowest BCUT2D eigenvalue weighted by Gasteiger charge is -2.36. The summed E-state index contributed by atoms with van der Waals surface area (Å²) >= 11 is 0. The minimum Gasteiger partial charge on any atom is -0.484 e. The van der Waals surface area contributed by atoms with Crippen LogP contribution in [0.4, 0.5) is 0 Å². The minimum absolute atomic E-state index is 0. The molecule has 0 saturated carbocycles. The van der Waals surface area contributed by atoms with Crippen LogP contribution >= 0.6 is 24.0 Å². The number of carbonyl (C=O) groups is 2. The first kappa shape index (κ1) is 26.9. The van der Waals surface area contributed by atoms with E-state index >= 15 is 0 Å². The summed E-state index contributed by atoms with van der Waals surface area (Å²) in [6.07, 6.45) is 0. The van der Waals surface area contributed by atoms with E-state index in [9.17, 15) is 9.59 Å². The van der Waals surface area contributed by atoms with Gasteiger partial charge in [0.25, 0.3) is 5.91 Å². The highest BCUT2D eigenvalue weighted by Gasteiger charge is 2.21. The van der Waals surface area contributed by atoms with Gasteiger partial charge in [0.2, 0.25) is 5.91 Å². The molecule has 31 heavy (non-hydrogen) atoms. The van der Waals surface area contributed by atoms with Crippen LogP contribution in [0.15, 0.2) is 29.3 Å². The van der Waals surface area contributed by atoms with Crippen molar-refractivity contribution in [1.29, 1.82) is 0 Å². The summed E-state index contributed by atoms with van der Waals surface area (Å²) in [5, 5.41) is 6.20. The van der Waals surface area contributed by atoms with E-state index in [1.54, 1.807) is 20.2 Å². The Morgan fingerprint density at radius 3 is 2.58 bits per heavy atom. The lowest BCUT2D eigenvalue weighted by molar-refractivity contribution is -0.122. The van der Waals surface area contributed by atoms with Crippen molar-refractivity contribution in [2.75, 3.05) is 66.6 Å². The first-order valence-electron chi connectivity index (χ1n) is 9.95. The fourth-order valence-corrected chi connectivity index (χ4v) is 3.08. The van der Waals surface area contributed by atoms with Crippen LogP contribution in [0.1, 0.15) is 5.56 Å². The molecule has 0 aromatic heterocycles. The van der Waals surface area contributed by atoms with Crippen molar-refractivity contribution in [3.8, 4) is 5.75 Å². The molecule has 1 aromatic carbocycles. The van der Waals surface area contributed by atoms with Crippen molar-refractivity contribution < 1.29 is 19.1 Å². The van der Waals surface area contributed by atoms with Crippen LogP contribution in [0.2, 0.25) is 0 Å². The average Bonchev–Trinajstić information content (AvgIpc) is 2.74. The van der Waals surface area contributed by atoms with Gasteiger partial charge in [-0.2, -0.15) is 0 Å². The summed E-state index contributed by atoms with van der Waals surface area (Å²) in [5.41, 5.74) is 6.12. The maximum absolute atomic E-state index is 11.9. The van der Waals surface area contributed by atoms with E-state index in [1.807, 2.05) is 18.2 Å². The summed E-state index contributed by atoms with van der Waals surface area (Å²) in [7, 11) is 3.37. The molecule has 0 spiro atoms. The molecular weight excluding hydrogens is 515 g/mol. The third-order valence-electron chi connectivity index (χ3n) is 4.61. The number of benzene rings is 1. The van der Waals surface area contributed by atoms with Gasteiger partial charge in [0, 0.05) is 53.4 Å². The van der Waals surface area contributed by atoms with Gasteiger partial charge < -0.3 is 30.7 Å². The highest BCUT2D eigenvalue weighted by Crippen LogP contribution is 2.13. The number of primary amides is 1. The van der Waals surface area contributed by atoms with Crippen LogP contribution < -0.4 is 21.1 Å². The van der Waals surface area contributed by atoms with E-state index < -0.39 is 5.91 Å². The molecule has 1 fully saturated rings. The van der Waals surface area contributed by atoms with Crippen LogP contribution in [0.3, 0.4) is 0 Å². The first-order chi connectivity index (χ1) is 14.5. The Morgan fingerprint density at radius 1 is 1.19 bits per heavy atom. The Labute approximate surface area is 200 Å². The Hall–Kier alpha value is -2.12. The van der Waals surface area contributed by atoms with E-state index in [1.165, 1.54) is 0 Å². The standard InChI is InChI=1S/C20H32N6O4.HI/c1-22-20(24-13-16-4-3-5-17(12-16)30-15-18(21)27)26-9-7-25(8-10-26)14-19(28)23-6-11-29-2;/h3-5,12H,6-11,13-15H2,1-2H3,(H2,21,27)(H,22,24)(H,23,28);1H. The zero-order valence-corrected chi connectivity index (χ0v) is 20.5. The molecule has 1 heterocycles. The molecule has 2 rings (SSSR count). The predicted octanol–water partition coefficient (Wildman–Crippen LogP) is -0.376. The lowest BCUT2D eigenvalue weighted by Crippen LogP contribution is -2.54. The number of nitrogens with zero attached hydrogens (tertiary/aromatic N) is 3. The molecule has 2 amide bonds. The molecule has 0 unspecified atom stereocenters. The topological polar surface area (TPSA) is 122 Å². The molecule has 11 heteroatoms. The summed E-state index contributed by atoms with van der Waals surface area (Å²) in [4.78, 5) is 31.5. The van der Waals surface area contributed by atoms with E-state index in [0.29, 0.717) is 32.0 Å². The van der Waals surface area contributed by atoms with Gasteiger partial charge in [0.15, 0.2) is 12.6 Å². The van der Waals surface area contributed by atoms with Crippen molar-refractivity contribution in [2.45, 2.75) is 6.54 Å². The minimum atomic E-state index is -0.509. The SMILES string of the molecule is CN=C(NCc1cccc(OCC(N)=O)c1)N1CCN(CC(=O)NCCOC)CC1.I. The fraction of sp³-hybridized carbons (Fsp3) is 0.550. The molecular formula is C20H33IN6O4. The van der Waals surface area contributed by atoms with Gasteiger partial charge in [-0.1, -0.05) is 12.1 Å². The molecule has 1 saturated heterocycles. The van der Waals surface area contributed by atoms with Gasteiger partial charge in [0.1, 0.15) is 5.75 Å². The maximum Gasteiger partial charge on any atom is 0.255 e. The molecule has 1 aromatic rings. The Morgan fingerprint density at radius 2 is 1.94 bits per heavy atom. The summed E-state index contributed by atoms with van der Waals surface area (Å²) < 4.78 is 10.3. The highest BCUT2D eigenvalue weighted by atomic mass is 127. The molecule has 4 N–H and O–H groups in total. The van der Waals surface area contributed by atoms with Gasteiger partial charge in [-0.05, 0) is 17.7 Å². The molecule has 1 aliphatic heterocycles. The van der Waals surface area contributed by atoms with E-state index in [0.717, 1.165) is 37.7 Å². The van der Waals surface area contributed by atoms with Gasteiger partial charge in [0.05, 0.1) is 13.2 Å². The number of ether oxygens (including phenoxy) is 2. The second-order valence-corrected chi connectivity index (χ2v) is 6.91. The number of carbonyl (C=O) groups excluding carboxylic acids is 2. The van der Waals surface area contributed by atoms with E-state index in [4.69, 9.17) is 15.2 Å². The number of nitrogens with one attached hydrogen (secondary N) is 2. The predicted molar refractivity (Wildman–Crippen MR) is 130 cm³/mol. The van der Waals surface area contributed by atoms with Crippen LogP contribution in [0.25, 0.3) is 0 Å². The third kappa shape index (κ3) is 10.2. The van der Waals surface area contributed by atoms with Crippen LogP contribution in [-0.2, 0) is 20.9 Å². The number of hydrogen-bond donors (Lipinski definition) is 3. The zero-order valence-electron chi connectivity index (χ0n) is 18.1. The van der Waals surface area contributed by atoms with E-state index in [2.05, 4.69) is 25.4 Å². The number of nitrogens with two attached hydrogens (primary N) is 1. The summed E-state index contributed by atoms with van der Waals surface area (Å²) in [6.45, 7) is 5.00. The van der Waals surface area contributed by atoms with Crippen LogP contribution in [-0.4, -0.2) is 94.2 Å². The van der Waals surface area contributed by atoms with Crippen molar-refractivity contribution in [3.63, 3.8) is 0 Å². The smallest absolute Gasteiger partial charge is 0.255 e. The lowest BCUT2D eigenvalue weighted by atomic mass is 10.2. The van der Waals surface area contributed by atoms with Crippen LogP contribution in [0, 0.1) is 0 Å². The van der Waals surface area contributed by atoms with Crippen molar-refractivity contribution >= 4 is 41.8 Å².